The van der Waals surface area contributed by atoms with E-state index in [4.69, 9.17) is 4.42 Å². The van der Waals surface area contributed by atoms with Crippen LogP contribution >= 0.6 is 39.0 Å². The molecule has 1 aromatic carbocycles. The molecule has 0 spiro atoms. The van der Waals surface area contributed by atoms with Gasteiger partial charge in [-0.05, 0) is 65.5 Å². The van der Waals surface area contributed by atoms with Crippen LogP contribution in [0.25, 0.3) is 11.0 Å². The first-order valence-corrected chi connectivity index (χ1v) is 11.8. The van der Waals surface area contributed by atoms with Crippen molar-refractivity contribution in [3.8, 4) is 0 Å². The van der Waals surface area contributed by atoms with Crippen molar-refractivity contribution in [3.05, 3.63) is 66.1 Å². The normalized spacial score (nSPS) is 11.1. The van der Waals surface area contributed by atoms with Crippen molar-refractivity contribution in [1.82, 2.24) is 5.32 Å². The molecule has 0 aliphatic carbocycles. The van der Waals surface area contributed by atoms with E-state index in [1.807, 2.05) is 32.0 Å². The summed E-state index contributed by atoms with van der Waals surface area (Å²) in [4.78, 5) is 25.8. The number of amides is 1. The zero-order chi connectivity index (χ0) is 20.1. The fraction of sp³-hybridized carbons (Fsp3) is 0.333. The number of benzene rings is 1. The van der Waals surface area contributed by atoms with Crippen LogP contribution in [0.15, 0.2) is 43.3 Å². The summed E-state index contributed by atoms with van der Waals surface area (Å²) < 4.78 is 6.59. The Balaban J connectivity index is 1.48. The van der Waals surface area contributed by atoms with E-state index >= 15 is 0 Å². The van der Waals surface area contributed by atoms with Gasteiger partial charge in [-0.25, -0.2) is 4.79 Å². The molecule has 0 atom stereocenters. The van der Waals surface area contributed by atoms with Gasteiger partial charge in [0, 0.05) is 40.3 Å². The zero-order valence-corrected chi connectivity index (χ0v) is 19.1. The molecule has 7 heteroatoms. The second kappa shape index (κ2) is 9.76. The number of carbonyl (C=O) groups excluding carboxylic acids is 1. The van der Waals surface area contributed by atoms with Crippen molar-refractivity contribution in [2.75, 3.05) is 12.3 Å². The summed E-state index contributed by atoms with van der Waals surface area (Å²) >= 11 is 6.99. The molecule has 0 aliphatic heterocycles. The molecule has 28 heavy (non-hydrogen) atoms. The Morgan fingerprint density at radius 3 is 2.82 bits per heavy atom. The van der Waals surface area contributed by atoms with Crippen molar-refractivity contribution in [2.45, 2.75) is 32.4 Å². The van der Waals surface area contributed by atoms with Crippen LogP contribution in [0, 0.1) is 13.8 Å². The summed E-state index contributed by atoms with van der Waals surface area (Å²) in [6.45, 7) is 4.51. The molecule has 148 valence electrons. The first-order valence-electron chi connectivity index (χ1n) is 9.05. The van der Waals surface area contributed by atoms with Crippen molar-refractivity contribution in [3.63, 3.8) is 0 Å². The van der Waals surface area contributed by atoms with Crippen LogP contribution in [0.5, 0.6) is 0 Å². The Morgan fingerprint density at radius 1 is 1.25 bits per heavy atom. The van der Waals surface area contributed by atoms with Gasteiger partial charge in [0.1, 0.15) is 5.58 Å². The Morgan fingerprint density at radius 2 is 2.07 bits per heavy atom. The molecule has 4 nitrogen and oxygen atoms in total. The average molecular weight is 480 g/mol. The summed E-state index contributed by atoms with van der Waals surface area (Å²) in [7, 11) is 0. The fourth-order valence-corrected chi connectivity index (χ4v) is 5.43. The number of halogens is 1. The van der Waals surface area contributed by atoms with Crippen LogP contribution in [0.3, 0.4) is 0 Å². The number of rotatable bonds is 8. The summed E-state index contributed by atoms with van der Waals surface area (Å²) in [5, 5.41) is 3.86. The van der Waals surface area contributed by atoms with Crippen molar-refractivity contribution in [1.29, 1.82) is 0 Å². The number of thiophene rings is 1. The molecule has 2 heterocycles. The molecular formula is C21H22BrNO3S2. The van der Waals surface area contributed by atoms with Crippen molar-refractivity contribution < 1.29 is 9.21 Å². The van der Waals surface area contributed by atoms with E-state index in [-0.39, 0.29) is 18.0 Å². The molecule has 0 saturated heterocycles. The Hall–Kier alpha value is -1.57. The third-order valence-corrected chi connectivity index (χ3v) is 7.30. The van der Waals surface area contributed by atoms with Gasteiger partial charge >= 0.3 is 5.63 Å². The van der Waals surface area contributed by atoms with E-state index < -0.39 is 0 Å². The van der Waals surface area contributed by atoms with Gasteiger partial charge in [0.15, 0.2) is 0 Å². The third kappa shape index (κ3) is 5.49. The number of hydrogen-bond donors (Lipinski definition) is 1. The van der Waals surface area contributed by atoms with Crippen molar-refractivity contribution in [2.24, 2.45) is 0 Å². The molecule has 0 bridgehead atoms. The molecule has 0 unspecified atom stereocenters. The molecule has 0 aliphatic rings. The van der Waals surface area contributed by atoms with E-state index in [2.05, 4.69) is 33.4 Å². The first-order chi connectivity index (χ1) is 13.4. The average Bonchev–Trinajstić information content (AvgIpc) is 3.06. The number of aryl methyl sites for hydroxylation is 2. The van der Waals surface area contributed by atoms with Crippen LogP contribution in [-0.4, -0.2) is 18.2 Å². The smallest absolute Gasteiger partial charge is 0.339 e. The lowest BCUT2D eigenvalue weighted by molar-refractivity contribution is -0.120. The predicted molar refractivity (Wildman–Crippen MR) is 121 cm³/mol. The largest absolute Gasteiger partial charge is 0.423 e. The second-order valence-corrected chi connectivity index (χ2v) is 10.3. The van der Waals surface area contributed by atoms with E-state index in [1.165, 1.54) is 4.88 Å². The van der Waals surface area contributed by atoms with Gasteiger partial charge in [0.2, 0.25) is 5.91 Å². The molecule has 3 rings (SSSR count). The lowest BCUT2D eigenvalue weighted by Crippen LogP contribution is -2.26. The maximum Gasteiger partial charge on any atom is 0.339 e. The molecule has 2 aromatic heterocycles. The van der Waals surface area contributed by atoms with E-state index in [9.17, 15) is 9.59 Å². The highest BCUT2D eigenvalue weighted by Gasteiger charge is 2.13. The Labute approximate surface area is 180 Å². The highest BCUT2D eigenvalue weighted by Crippen LogP contribution is 2.25. The zero-order valence-electron chi connectivity index (χ0n) is 15.8. The van der Waals surface area contributed by atoms with E-state index in [0.29, 0.717) is 24.1 Å². The van der Waals surface area contributed by atoms with Gasteiger partial charge in [-0.1, -0.05) is 12.1 Å². The quantitative estimate of drug-likeness (QED) is 0.355. The lowest BCUT2D eigenvalue weighted by atomic mass is 10.0. The van der Waals surface area contributed by atoms with Crippen molar-refractivity contribution >= 4 is 55.9 Å². The minimum Gasteiger partial charge on any atom is -0.423 e. The number of fused-ring (bicyclic) bond motifs is 1. The summed E-state index contributed by atoms with van der Waals surface area (Å²) in [6.07, 6.45) is 0.672. The molecule has 0 radical (unpaired) electrons. The fourth-order valence-electron chi connectivity index (χ4n) is 2.98. The lowest BCUT2D eigenvalue weighted by Gasteiger charge is -2.09. The summed E-state index contributed by atoms with van der Waals surface area (Å²) in [5.41, 5.74) is 2.79. The summed E-state index contributed by atoms with van der Waals surface area (Å²) in [5.74, 6) is 1.77. The highest BCUT2D eigenvalue weighted by molar-refractivity contribution is 9.11. The van der Waals surface area contributed by atoms with Gasteiger partial charge < -0.3 is 9.73 Å². The molecule has 1 amide bonds. The number of thioether (sulfide) groups is 1. The van der Waals surface area contributed by atoms with Crippen LogP contribution < -0.4 is 10.9 Å². The third-order valence-electron chi connectivity index (χ3n) is 4.49. The van der Waals surface area contributed by atoms with Gasteiger partial charge in [-0.2, -0.15) is 11.8 Å². The van der Waals surface area contributed by atoms with Crippen LogP contribution in [0.1, 0.15) is 28.0 Å². The maximum atomic E-state index is 12.3. The highest BCUT2D eigenvalue weighted by atomic mass is 79.9. The van der Waals surface area contributed by atoms with Gasteiger partial charge in [-0.15, -0.1) is 11.3 Å². The monoisotopic (exact) mass is 479 g/mol. The molecule has 3 aromatic rings. The van der Waals surface area contributed by atoms with E-state index in [1.54, 1.807) is 23.1 Å². The van der Waals surface area contributed by atoms with Gasteiger partial charge in [0.25, 0.3) is 0 Å². The summed E-state index contributed by atoms with van der Waals surface area (Å²) in [6, 6.07) is 9.99. The first kappa shape index (κ1) is 21.1. The topological polar surface area (TPSA) is 59.3 Å². The number of nitrogens with one attached hydrogen (secondary N) is 1. The van der Waals surface area contributed by atoms with Crippen LogP contribution in [0.4, 0.5) is 0 Å². The number of hydrogen-bond acceptors (Lipinski definition) is 5. The van der Waals surface area contributed by atoms with Gasteiger partial charge in [0.05, 0.1) is 3.79 Å². The minimum absolute atomic E-state index is 0.0396. The SMILES string of the molecule is Cc1ccc2c(C)c(CCC(=O)NCCSCc3ccc(Br)s3)c(=O)oc2c1. The maximum absolute atomic E-state index is 12.3. The Kier molecular flexibility index (Phi) is 7.37. The molecule has 0 fully saturated rings. The van der Waals surface area contributed by atoms with Gasteiger partial charge in [-0.3, -0.25) is 4.79 Å². The minimum atomic E-state index is -0.346. The Bertz CT molecular complexity index is 1040. The number of carbonyl (C=O) groups is 1. The molecule has 1 N–H and O–H groups in total. The predicted octanol–water partition coefficient (Wildman–Crippen LogP) is 5.22. The molecular weight excluding hydrogens is 458 g/mol. The van der Waals surface area contributed by atoms with Crippen LogP contribution in [0.2, 0.25) is 0 Å². The second-order valence-electron chi connectivity index (χ2n) is 6.60. The molecule has 0 saturated carbocycles. The van der Waals surface area contributed by atoms with Crippen LogP contribution in [-0.2, 0) is 17.0 Å². The standard InChI is InChI=1S/C21H22BrNO3S2/c1-13-3-5-16-14(2)17(21(25)26-18(16)11-13)6-8-20(24)23-9-10-27-12-15-4-7-19(22)28-15/h3-5,7,11H,6,8-10,12H2,1-2H3,(H,23,24). The van der Waals surface area contributed by atoms with E-state index in [0.717, 1.165) is 31.8 Å².